The van der Waals surface area contributed by atoms with Crippen molar-refractivity contribution in [2.45, 2.75) is 23.9 Å². The molecule has 0 saturated carbocycles. The van der Waals surface area contributed by atoms with Crippen molar-refractivity contribution in [3.05, 3.63) is 0 Å². The average molecular weight is 1550 g/mol. The maximum Gasteiger partial charge on any atom is 0.162 e. The van der Waals surface area contributed by atoms with Crippen LogP contribution >= 0.6 is 287 Å². The van der Waals surface area contributed by atoms with Crippen LogP contribution in [-0.4, -0.2) is 23.9 Å². The summed E-state index contributed by atoms with van der Waals surface area (Å²) in [7, 11) is 0. The molecule has 0 aliphatic carbocycles. The molecule has 164 valence electrons. The van der Waals surface area contributed by atoms with Gasteiger partial charge in [0.2, 0.25) is 0 Å². The number of nitrogens with one attached hydrogen (secondary N) is 1. The Balaban J connectivity index is 6.19. The van der Waals surface area contributed by atoms with Crippen molar-refractivity contribution in [1.29, 1.82) is 0 Å². The van der Waals surface area contributed by atoms with Gasteiger partial charge in [0.05, 0.1) is 0 Å². The lowest BCUT2D eigenvalue weighted by Crippen LogP contribution is -2.68. The molecule has 0 radical (unpaired) electrons. The highest BCUT2D eigenvalue weighted by Crippen LogP contribution is 2.71. The Hall–Kier alpha value is 8.60. The summed E-state index contributed by atoms with van der Waals surface area (Å²) in [6.07, 6.45) is 0. The third kappa shape index (κ3) is 7.81. The van der Waals surface area contributed by atoms with E-state index < -0.39 is 23.9 Å². The molecule has 0 atom stereocenters. The van der Waals surface area contributed by atoms with Crippen LogP contribution in [0, 0.1) is 0 Å². The summed E-state index contributed by atoms with van der Waals surface area (Å²) in [6.45, 7) is 0. The van der Waals surface area contributed by atoms with E-state index in [1.54, 1.807) is 0 Å². The first kappa shape index (κ1) is 35.6. The van der Waals surface area contributed by atoms with Crippen LogP contribution in [0.5, 0.6) is 0 Å². The molecule has 0 aromatic carbocycles. The van der Waals surface area contributed by atoms with E-state index in [1.165, 1.54) is 0 Å². The maximum atomic E-state index is 3.72. The van der Waals surface area contributed by atoms with Crippen molar-refractivity contribution in [2.24, 2.45) is 0 Å². The topological polar surface area (TPSA) is 12.0 Å². The second-order valence-corrected chi connectivity index (χ2v) is 38.7. The number of halogens is 18. The summed E-state index contributed by atoms with van der Waals surface area (Å²) in [6, 6.07) is 0. The molecule has 0 aromatic heterocycles. The zero-order valence-electron chi connectivity index (χ0n) is 11.3. The van der Waals surface area contributed by atoms with E-state index in [0.717, 1.165) is 0 Å². The van der Waals surface area contributed by atoms with Crippen LogP contribution < -0.4 is 5.32 Å². The van der Waals surface area contributed by atoms with Gasteiger partial charge in [0.1, 0.15) is 12.9 Å². The zero-order valence-corrected chi connectivity index (χ0v) is 39.9. The highest BCUT2D eigenvalue weighted by Gasteiger charge is 2.70. The monoisotopic (exact) mass is 1530 g/mol. The fraction of sp³-hybridized carbons (Fsp3) is 1.00. The van der Waals surface area contributed by atoms with Crippen molar-refractivity contribution in [3.8, 4) is 0 Å². The first-order valence-corrected chi connectivity index (χ1v) is 19.7. The lowest BCUT2D eigenvalue weighted by atomic mass is 10.3. The summed E-state index contributed by atoms with van der Waals surface area (Å²) in [5, 5.41) is 3.40. The van der Waals surface area contributed by atoms with Crippen LogP contribution in [0.1, 0.15) is 0 Å². The van der Waals surface area contributed by atoms with Gasteiger partial charge < -0.3 is 0 Å². The van der Waals surface area contributed by atoms with Crippen molar-refractivity contribution in [1.82, 2.24) is 5.32 Å². The van der Waals surface area contributed by atoms with E-state index in [4.69, 9.17) is 0 Å². The first-order chi connectivity index (χ1) is 11.2. The summed E-state index contributed by atoms with van der Waals surface area (Å²) >= 11 is 65.6. The molecular weight excluding hydrogens is 1550 g/mol. The fourth-order valence-electron chi connectivity index (χ4n) is 1.10. The van der Waals surface area contributed by atoms with Crippen molar-refractivity contribution in [2.75, 3.05) is 0 Å². The summed E-state index contributed by atoms with van der Waals surface area (Å²) in [4.78, 5) is 0. The van der Waals surface area contributed by atoms with E-state index in [2.05, 4.69) is 292 Å². The van der Waals surface area contributed by atoms with Crippen LogP contribution in [0.4, 0.5) is 0 Å². The molecule has 0 aliphatic heterocycles. The van der Waals surface area contributed by atoms with Gasteiger partial charge in [0, 0.05) is 0 Å². The van der Waals surface area contributed by atoms with E-state index >= 15 is 0 Å². The molecule has 0 heterocycles. The molecule has 0 saturated heterocycles. The molecule has 1 nitrogen and oxygen atoms in total. The molecule has 0 unspecified atom stereocenters. The third-order valence-electron chi connectivity index (χ3n) is 2.60. The molecule has 19 heteroatoms. The Morgan fingerprint density at radius 2 is 0.481 bits per heavy atom. The Morgan fingerprint density at radius 1 is 0.296 bits per heavy atom. The van der Waals surface area contributed by atoms with Crippen LogP contribution in [0.2, 0.25) is 0 Å². The number of hydrogen-bond donors (Lipinski definition) is 1. The van der Waals surface area contributed by atoms with Crippen LogP contribution in [0.25, 0.3) is 0 Å². The van der Waals surface area contributed by atoms with Crippen molar-refractivity contribution >= 4 is 287 Å². The molecule has 0 amide bonds. The Bertz CT molecular complexity index is 489. The lowest BCUT2D eigenvalue weighted by Gasteiger charge is -2.52. The van der Waals surface area contributed by atoms with Gasteiger partial charge >= 0.3 is 0 Å². The third-order valence-corrected chi connectivity index (χ3v) is 33.8. The quantitative estimate of drug-likeness (QED) is 0.206. The smallest absolute Gasteiger partial charge is 0.162 e. The van der Waals surface area contributed by atoms with E-state index in [0.29, 0.717) is 0 Å². The van der Waals surface area contributed by atoms with Gasteiger partial charge in [-0.05, 0) is 0 Å². The minimum Gasteiger partial charge on any atom is -0.265 e. The maximum absolute atomic E-state index is 3.72. The molecule has 0 fully saturated rings. The predicted molar refractivity (Wildman–Crippen MR) is 186 cm³/mol. The summed E-state index contributed by atoms with van der Waals surface area (Å²) < 4.78 is -7.04. The first-order valence-electron chi connectivity index (χ1n) is 5.40. The number of alkyl halides is 18. The predicted octanol–water partition coefficient (Wildman–Crippen LogP) is 13.1. The van der Waals surface area contributed by atoms with Crippen LogP contribution in [0.3, 0.4) is 0 Å². The zero-order chi connectivity index (χ0) is 22.7. The number of hydrogen-bond acceptors (Lipinski definition) is 1. The molecule has 0 spiro atoms. The van der Waals surface area contributed by atoms with Crippen LogP contribution in [0.15, 0.2) is 0 Å². The van der Waals surface area contributed by atoms with E-state index in [1.807, 2.05) is 0 Å². The second-order valence-electron chi connectivity index (χ2n) is 4.57. The minimum atomic E-state index is -0.996. The average Bonchev–Trinajstić information content (AvgIpc) is 2.33. The molecule has 0 rings (SSSR count). The van der Waals surface area contributed by atoms with Crippen molar-refractivity contribution in [3.63, 3.8) is 0 Å². The van der Waals surface area contributed by atoms with E-state index in [9.17, 15) is 0 Å². The molecule has 27 heavy (non-hydrogen) atoms. The Labute approximate surface area is 308 Å². The molecule has 0 bridgehead atoms. The van der Waals surface area contributed by atoms with Gasteiger partial charge in [-0.15, -0.1) is 0 Å². The van der Waals surface area contributed by atoms with E-state index in [-0.39, 0.29) is 0 Å². The van der Waals surface area contributed by atoms with Gasteiger partial charge in [-0.2, -0.15) is 0 Å². The van der Waals surface area contributed by atoms with Gasteiger partial charge in [0.15, 0.2) is 11.0 Å². The standard InChI is InChI=1S/C8HBr18N/c9-1(10,5(17,18)19)3(13,14)7(23,24)27-8(25,26)4(15,16)2(11,12)6(20,21)22/h27H. The number of rotatable bonds is 6. The molecular formula is C8HBr18N. The van der Waals surface area contributed by atoms with Crippen LogP contribution in [-0.2, 0) is 0 Å². The van der Waals surface area contributed by atoms with Gasteiger partial charge in [-0.1, -0.05) is 287 Å². The molecule has 1 N–H and O–H groups in total. The molecule has 0 aliphatic rings. The Kier molecular flexibility index (Phi) is 15.5. The summed E-state index contributed by atoms with van der Waals surface area (Å²) in [5.41, 5.74) is 0. The Morgan fingerprint density at radius 3 is 0.630 bits per heavy atom. The fourth-order valence-corrected chi connectivity index (χ4v) is 14.4. The highest BCUT2D eigenvalue weighted by molar-refractivity contribution is 9.43. The summed E-state index contributed by atoms with van der Waals surface area (Å²) in [5.74, 6) is 0. The normalized spacial score (nSPS) is 16.7. The SMILES string of the molecule is BrC(Br)(Br)C(Br)(Br)C(Br)(Br)C(Br)(Br)NC(Br)(Br)C(Br)(Br)C(Br)(Br)C(Br)(Br)Br. The largest absolute Gasteiger partial charge is 0.265 e. The molecule has 0 aromatic rings. The second kappa shape index (κ2) is 11.8. The van der Waals surface area contributed by atoms with Gasteiger partial charge in [-0.25, -0.2) is 0 Å². The van der Waals surface area contributed by atoms with Gasteiger partial charge in [-0.3, -0.25) is 5.32 Å². The van der Waals surface area contributed by atoms with Crippen molar-refractivity contribution < 1.29 is 0 Å². The highest BCUT2D eigenvalue weighted by atomic mass is 80.0. The minimum absolute atomic E-state index is 0.756. The lowest BCUT2D eigenvalue weighted by molar-refractivity contribution is 0.514. The van der Waals surface area contributed by atoms with Gasteiger partial charge in [0.25, 0.3) is 0 Å².